The number of aliphatic hydroxyl groups excluding tert-OH is 1. The molecular formula is C10H17NO3S2. The Kier molecular flexibility index (Phi) is 4.49. The van der Waals surface area contributed by atoms with Crippen LogP contribution in [0.5, 0.6) is 0 Å². The summed E-state index contributed by atoms with van der Waals surface area (Å²) < 4.78 is 26.6. The minimum Gasteiger partial charge on any atom is -0.395 e. The first-order chi connectivity index (χ1) is 7.40. The number of hydrogen-bond donors (Lipinski definition) is 2. The fraction of sp³-hybridized carbons (Fsp3) is 0.600. The second-order valence-corrected chi connectivity index (χ2v) is 6.91. The van der Waals surface area contributed by atoms with Crippen molar-refractivity contribution in [1.29, 1.82) is 0 Å². The third-order valence-corrected chi connectivity index (χ3v) is 5.59. The van der Waals surface area contributed by atoms with Gasteiger partial charge in [0.1, 0.15) is 4.21 Å². The monoisotopic (exact) mass is 263 g/mol. The molecule has 2 N–H and O–H groups in total. The van der Waals surface area contributed by atoms with Crippen LogP contribution in [0.3, 0.4) is 0 Å². The van der Waals surface area contributed by atoms with E-state index in [1.54, 1.807) is 6.07 Å². The van der Waals surface area contributed by atoms with Crippen LogP contribution in [0, 0.1) is 13.8 Å². The molecule has 0 fully saturated rings. The number of thiophene rings is 1. The number of sulfonamides is 1. The average molecular weight is 263 g/mol. The molecule has 0 radical (unpaired) electrons. The van der Waals surface area contributed by atoms with E-state index in [9.17, 15) is 8.42 Å². The first kappa shape index (κ1) is 13.6. The molecule has 92 valence electrons. The van der Waals surface area contributed by atoms with Crippen molar-refractivity contribution >= 4 is 21.4 Å². The van der Waals surface area contributed by atoms with Gasteiger partial charge in [0.15, 0.2) is 0 Å². The summed E-state index contributed by atoms with van der Waals surface area (Å²) in [6.07, 6.45) is 0.569. The number of hydrogen-bond acceptors (Lipinski definition) is 4. The van der Waals surface area contributed by atoms with Crippen LogP contribution in [0.4, 0.5) is 0 Å². The standard InChI is InChI=1S/C10H17NO3S2/c1-4-9(6-12)11-16(13,14)10-5-7(2)8(3)15-10/h5,9,11-12H,4,6H2,1-3H3. The summed E-state index contributed by atoms with van der Waals surface area (Å²) in [4.78, 5) is 0.998. The van der Waals surface area contributed by atoms with Crippen molar-refractivity contribution in [3.63, 3.8) is 0 Å². The van der Waals surface area contributed by atoms with Crippen LogP contribution in [0.2, 0.25) is 0 Å². The van der Waals surface area contributed by atoms with E-state index in [4.69, 9.17) is 5.11 Å². The summed E-state index contributed by atoms with van der Waals surface area (Å²) in [5.41, 5.74) is 0.974. The highest BCUT2D eigenvalue weighted by molar-refractivity contribution is 7.91. The predicted octanol–water partition coefficient (Wildman–Crippen LogP) is 1.41. The molecule has 1 atom stereocenters. The van der Waals surface area contributed by atoms with Crippen LogP contribution in [0.15, 0.2) is 10.3 Å². The lowest BCUT2D eigenvalue weighted by Crippen LogP contribution is -2.36. The van der Waals surface area contributed by atoms with E-state index in [1.165, 1.54) is 11.3 Å². The summed E-state index contributed by atoms with van der Waals surface area (Å²) in [6, 6.07) is 1.25. The Morgan fingerprint density at radius 1 is 1.50 bits per heavy atom. The average Bonchev–Trinajstić information content (AvgIpc) is 2.56. The minimum atomic E-state index is -3.48. The zero-order valence-corrected chi connectivity index (χ0v) is 11.3. The lowest BCUT2D eigenvalue weighted by atomic mass is 10.3. The largest absolute Gasteiger partial charge is 0.395 e. The van der Waals surface area contributed by atoms with Crippen LogP contribution in [-0.4, -0.2) is 26.2 Å². The van der Waals surface area contributed by atoms with E-state index in [0.717, 1.165) is 10.4 Å². The second kappa shape index (κ2) is 5.27. The molecule has 16 heavy (non-hydrogen) atoms. The van der Waals surface area contributed by atoms with Crippen LogP contribution < -0.4 is 4.72 Å². The summed E-state index contributed by atoms with van der Waals surface area (Å²) in [7, 11) is -3.48. The smallest absolute Gasteiger partial charge is 0.250 e. The Balaban J connectivity index is 2.94. The molecule has 0 aliphatic carbocycles. The topological polar surface area (TPSA) is 66.4 Å². The summed E-state index contributed by atoms with van der Waals surface area (Å²) in [5, 5.41) is 8.97. The maximum Gasteiger partial charge on any atom is 0.250 e. The summed E-state index contributed by atoms with van der Waals surface area (Å²) in [5.74, 6) is 0. The van der Waals surface area contributed by atoms with E-state index in [2.05, 4.69) is 4.72 Å². The summed E-state index contributed by atoms with van der Waals surface area (Å²) >= 11 is 1.25. The molecule has 0 saturated carbocycles. The molecule has 4 nitrogen and oxygen atoms in total. The van der Waals surface area contributed by atoms with Crippen molar-refractivity contribution in [2.24, 2.45) is 0 Å². The van der Waals surface area contributed by atoms with E-state index in [-0.39, 0.29) is 6.61 Å². The molecule has 1 aromatic heterocycles. The minimum absolute atomic E-state index is 0.181. The molecule has 1 unspecified atom stereocenters. The van der Waals surface area contributed by atoms with E-state index in [1.807, 2.05) is 20.8 Å². The molecule has 0 aliphatic heterocycles. The fourth-order valence-electron chi connectivity index (χ4n) is 1.20. The lowest BCUT2D eigenvalue weighted by molar-refractivity contribution is 0.254. The van der Waals surface area contributed by atoms with Gasteiger partial charge < -0.3 is 5.11 Å². The highest BCUT2D eigenvalue weighted by atomic mass is 32.2. The maximum absolute atomic E-state index is 11.9. The second-order valence-electron chi connectivity index (χ2n) is 3.71. The number of aryl methyl sites for hydroxylation is 2. The van der Waals surface area contributed by atoms with Gasteiger partial charge in [0.25, 0.3) is 0 Å². The van der Waals surface area contributed by atoms with Gasteiger partial charge in [-0.3, -0.25) is 0 Å². The quantitative estimate of drug-likeness (QED) is 0.844. The van der Waals surface area contributed by atoms with Gasteiger partial charge in [-0.25, -0.2) is 13.1 Å². The number of nitrogens with one attached hydrogen (secondary N) is 1. The molecule has 1 heterocycles. The van der Waals surface area contributed by atoms with E-state index < -0.39 is 16.1 Å². The van der Waals surface area contributed by atoms with Crippen molar-refractivity contribution in [3.8, 4) is 0 Å². The predicted molar refractivity (Wildman–Crippen MR) is 65.3 cm³/mol. The zero-order valence-electron chi connectivity index (χ0n) is 9.65. The first-order valence-corrected chi connectivity index (χ1v) is 7.41. The molecule has 0 amide bonds. The molecule has 1 rings (SSSR count). The first-order valence-electron chi connectivity index (χ1n) is 5.11. The molecular weight excluding hydrogens is 246 g/mol. The van der Waals surface area contributed by atoms with Crippen molar-refractivity contribution in [1.82, 2.24) is 4.72 Å². The van der Waals surface area contributed by atoms with Crippen molar-refractivity contribution in [3.05, 3.63) is 16.5 Å². The number of rotatable bonds is 5. The van der Waals surface area contributed by atoms with Gasteiger partial charge in [-0.1, -0.05) is 6.92 Å². The van der Waals surface area contributed by atoms with Crippen LogP contribution in [0.25, 0.3) is 0 Å². The van der Waals surface area contributed by atoms with Crippen LogP contribution in [-0.2, 0) is 10.0 Å². The number of aliphatic hydroxyl groups is 1. The van der Waals surface area contributed by atoms with Crippen molar-refractivity contribution in [2.75, 3.05) is 6.61 Å². The molecule has 1 aromatic rings. The lowest BCUT2D eigenvalue weighted by Gasteiger charge is -2.12. The molecule has 0 bridgehead atoms. The van der Waals surface area contributed by atoms with Gasteiger partial charge in [-0.05, 0) is 31.9 Å². The maximum atomic E-state index is 11.9. The van der Waals surface area contributed by atoms with Crippen LogP contribution >= 0.6 is 11.3 Å². The third-order valence-electron chi connectivity index (χ3n) is 2.44. The van der Waals surface area contributed by atoms with Crippen LogP contribution in [0.1, 0.15) is 23.8 Å². The molecule has 0 saturated heterocycles. The van der Waals surface area contributed by atoms with Crippen molar-refractivity contribution in [2.45, 2.75) is 37.4 Å². The van der Waals surface area contributed by atoms with E-state index in [0.29, 0.717) is 10.6 Å². The van der Waals surface area contributed by atoms with Gasteiger partial charge in [-0.2, -0.15) is 0 Å². The third kappa shape index (κ3) is 3.04. The van der Waals surface area contributed by atoms with Gasteiger partial charge in [0.05, 0.1) is 6.61 Å². The molecule has 0 spiro atoms. The van der Waals surface area contributed by atoms with Gasteiger partial charge in [-0.15, -0.1) is 11.3 Å². The Hall–Kier alpha value is -0.430. The van der Waals surface area contributed by atoms with Gasteiger partial charge in [0, 0.05) is 10.9 Å². The Bertz CT molecular complexity index is 427. The van der Waals surface area contributed by atoms with Gasteiger partial charge in [0.2, 0.25) is 10.0 Å². The molecule has 0 aromatic carbocycles. The Labute approximate surface area is 100 Å². The SMILES string of the molecule is CCC(CO)NS(=O)(=O)c1cc(C)c(C)s1. The zero-order chi connectivity index (χ0) is 12.3. The summed E-state index contributed by atoms with van der Waals surface area (Å²) in [6.45, 7) is 5.42. The molecule has 0 aliphatic rings. The highest BCUT2D eigenvalue weighted by Crippen LogP contribution is 2.25. The van der Waals surface area contributed by atoms with E-state index >= 15 is 0 Å². The Morgan fingerprint density at radius 2 is 2.12 bits per heavy atom. The Morgan fingerprint density at radius 3 is 2.50 bits per heavy atom. The molecule has 6 heteroatoms. The van der Waals surface area contributed by atoms with Gasteiger partial charge >= 0.3 is 0 Å². The normalized spacial score (nSPS) is 14.0. The fourth-order valence-corrected chi connectivity index (χ4v) is 4.04. The van der Waals surface area contributed by atoms with Crippen molar-refractivity contribution < 1.29 is 13.5 Å². The highest BCUT2D eigenvalue weighted by Gasteiger charge is 2.20.